The summed E-state index contributed by atoms with van der Waals surface area (Å²) in [5.41, 5.74) is 2.69. The fourth-order valence-corrected chi connectivity index (χ4v) is 4.41. The van der Waals surface area contributed by atoms with Gasteiger partial charge in [-0.2, -0.15) is 0 Å². The summed E-state index contributed by atoms with van der Waals surface area (Å²) in [5, 5.41) is 0. The van der Waals surface area contributed by atoms with E-state index in [-0.39, 0.29) is 23.7 Å². The standard InChI is InChI=1S/C24H25NO4/c1-14-10-11-19-20(12-14)23(27)25(22(19)26)18-8-5-7-17(13-18)24(28)29-21-9-4-6-15(2)16(21)3/h4-9,13-14,19-20H,10-12H2,1-3H3/t14-,19-,20-/m1/s1. The van der Waals surface area contributed by atoms with Gasteiger partial charge in [0.2, 0.25) is 11.8 Å². The predicted molar refractivity (Wildman–Crippen MR) is 110 cm³/mol. The monoisotopic (exact) mass is 391 g/mol. The van der Waals surface area contributed by atoms with Crippen molar-refractivity contribution in [3.05, 3.63) is 59.2 Å². The highest BCUT2D eigenvalue weighted by molar-refractivity contribution is 6.22. The first-order valence-corrected chi connectivity index (χ1v) is 10.1. The van der Waals surface area contributed by atoms with E-state index in [4.69, 9.17) is 4.74 Å². The number of esters is 1. The number of hydrogen-bond donors (Lipinski definition) is 0. The number of amides is 2. The Morgan fingerprint density at radius 3 is 2.52 bits per heavy atom. The average molecular weight is 391 g/mol. The summed E-state index contributed by atoms with van der Waals surface area (Å²) in [6.07, 6.45) is 2.47. The second kappa shape index (κ2) is 7.47. The molecular formula is C24H25NO4. The number of benzene rings is 2. The van der Waals surface area contributed by atoms with Crippen LogP contribution in [0.15, 0.2) is 42.5 Å². The molecule has 1 aliphatic carbocycles. The smallest absolute Gasteiger partial charge is 0.343 e. The lowest BCUT2D eigenvalue weighted by Gasteiger charge is -2.25. The summed E-state index contributed by atoms with van der Waals surface area (Å²) in [6.45, 7) is 5.98. The Balaban J connectivity index is 1.59. The molecule has 2 aromatic carbocycles. The van der Waals surface area contributed by atoms with E-state index in [2.05, 4.69) is 6.92 Å². The lowest BCUT2D eigenvalue weighted by atomic mass is 9.76. The highest BCUT2D eigenvalue weighted by atomic mass is 16.5. The molecule has 4 rings (SSSR count). The van der Waals surface area contributed by atoms with Gasteiger partial charge in [0, 0.05) is 0 Å². The SMILES string of the molecule is Cc1cccc(OC(=O)c2cccc(N3C(=O)[C@@H]4CC[C@@H](C)C[C@H]4C3=O)c2)c1C. The Hall–Kier alpha value is -2.95. The molecule has 2 aliphatic rings. The molecule has 0 unspecified atom stereocenters. The van der Waals surface area contributed by atoms with Crippen LogP contribution in [0.5, 0.6) is 5.75 Å². The van der Waals surface area contributed by atoms with Crippen LogP contribution in [0.4, 0.5) is 5.69 Å². The molecule has 2 fully saturated rings. The van der Waals surface area contributed by atoms with Gasteiger partial charge in [-0.1, -0.05) is 25.1 Å². The number of carbonyl (C=O) groups excluding carboxylic acids is 3. The Kier molecular flexibility index (Phi) is 4.99. The zero-order valence-electron chi connectivity index (χ0n) is 17.0. The van der Waals surface area contributed by atoms with Crippen molar-refractivity contribution in [3.63, 3.8) is 0 Å². The number of nitrogens with zero attached hydrogens (tertiary/aromatic N) is 1. The van der Waals surface area contributed by atoms with Crippen LogP contribution in [0.1, 0.15) is 47.7 Å². The lowest BCUT2D eigenvalue weighted by molar-refractivity contribution is -0.122. The largest absolute Gasteiger partial charge is 0.423 e. The van der Waals surface area contributed by atoms with Gasteiger partial charge in [0.05, 0.1) is 23.1 Å². The van der Waals surface area contributed by atoms with Crippen molar-refractivity contribution in [2.75, 3.05) is 4.90 Å². The minimum atomic E-state index is -0.509. The van der Waals surface area contributed by atoms with Gasteiger partial charge in [0.15, 0.2) is 0 Å². The lowest BCUT2D eigenvalue weighted by Crippen LogP contribution is -2.31. The van der Waals surface area contributed by atoms with Crippen LogP contribution in [0, 0.1) is 31.6 Å². The van der Waals surface area contributed by atoms with Gasteiger partial charge in [0.25, 0.3) is 0 Å². The van der Waals surface area contributed by atoms with E-state index in [1.807, 2.05) is 26.0 Å². The summed E-state index contributed by atoms with van der Waals surface area (Å²) < 4.78 is 5.56. The maximum Gasteiger partial charge on any atom is 0.343 e. The third-order valence-electron chi connectivity index (χ3n) is 6.29. The molecule has 2 amide bonds. The van der Waals surface area contributed by atoms with Gasteiger partial charge in [-0.05, 0) is 74.4 Å². The maximum absolute atomic E-state index is 12.9. The Morgan fingerprint density at radius 2 is 1.72 bits per heavy atom. The molecule has 1 aliphatic heterocycles. The van der Waals surface area contributed by atoms with Gasteiger partial charge >= 0.3 is 5.97 Å². The molecule has 1 saturated carbocycles. The molecule has 3 atom stereocenters. The molecule has 0 aromatic heterocycles. The van der Waals surface area contributed by atoms with E-state index in [1.165, 1.54) is 4.90 Å². The van der Waals surface area contributed by atoms with Crippen molar-refractivity contribution in [2.45, 2.75) is 40.0 Å². The quantitative estimate of drug-likeness (QED) is 0.441. The van der Waals surface area contributed by atoms with Gasteiger partial charge in [-0.15, -0.1) is 0 Å². The first-order valence-electron chi connectivity index (χ1n) is 10.1. The van der Waals surface area contributed by atoms with Gasteiger partial charge in [-0.3, -0.25) is 14.5 Å². The summed E-state index contributed by atoms with van der Waals surface area (Å²) in [5.74, 6) is -0.314. The molecule has 5 nitrogen and oxygen atoms in total. The second-order valence-corrected chi connectivity index (χ2v) is 8.28. The molecule has 5 heteroatoms. The van der Waals surface area contributed by atoms with Crippen LogP contribution in [0.3, 0.4) is 0 Å². The van der Waals surface area contributed by atoms with Crippen LogP contribution in [-0.4, -0.2) is 17.8 Å². The first kappa shape index (κ1) is 19.4. The normalized spacial score (nSPS) is 23.8. The van der Waals surface area contributed by atoms with Crippen molar-refractivity contribution in [2.24, 2.45) is 17.8 Å². The van der Waals surface area contributed by atoms with Crippen molar-refractivity contribution in [3.8, 4) is 5.75 Å². The summed E-state index contributed by atoms with van der Waals surface area (Å²) in [4.78, 5) is 39.8. The summed E-state index contributed by atoms with van der Waals surface area (Å²) in [7, 11) is 0. The average Bonchev–Trinajstić information content (AvgIpc) is 2.95. The zero-order valence-corrected chi connectivity index (χ0v) is 17.0. The van der Waals surface area contributed by atoms with Crippen molar-refractivity contribution >= 4 is 23.5 Å². The van der Waals surface area contributed by atoms with Crippen LogP contribution < -0.4 is 9.64 Å². The number of ether oxygens (including phenoxy) is 1. The minimum Gasteiger partial charge on any atom is -0.423 e. The highest BCUT2D eigenvalue weighted by Gasteiger charge is 2.50. The number of carbonyl (C=O) groups is 3. The molecule has 0 radical (unpaired) electrons. The Morgan fingerprint density at radius 1 is 1.00 bits per heavy atom. The van der Waals surface area contributed by atoms with Gasteiger partial charge in [0.1, 0.15) is 5.75 Å². The second-order valence-electron chi connectivity index (χ2n) is 8.28. The van der Waals surface area contributed by atoms with Crippen LogP contribution in [0.25, 0.3) is 0 Å². The fraction of sp³-hybridized carbons (Fsp3) is 0.375. The van der Waals surface area contributed by atoms with E-state index in [0.29, 0.717) is 22.9 Å². The molecular weight excluding hydrogens is 366 g/mol. The minimum absolute atomic E-state index is 0.146. The molecule has 0 spiro atoms. The third-order valence-corrected chi connectivity index (χ3v) is 6.29. The Bertz CT molecular complexity index is 996. The van der Waals surface area contributed by atoms with E-state index >= 15 is 0 Å². The number of rotatable bonds is 3. The number of hydrogen-bond acceptors (Lipinski definition) is 4. The number of anilines is 1. The first-order chi connectivity index (χ1) is 13.9. The van der Waals surface area contributed by atoms with Gasteiger partial charge < -0.3 is 4.74 Å². The zero-order chi connectivity index (χ0) is 20.7. The van der Waals surface area contributed by atoms with Crippen molar-refractivity contribution in [1.82, 2.24) is 0 Å². The Labute approximate surface area is 170 Å². The summed E-state index contributed by atoms with van der Waals surface area (Å²) in [6, 6.07) is 12.1. The molecule has 2 aromatic rings. The molecule has 1 saturated heterocycles. The van der Waals surface area contributed by atoms with Gasteiger partial charge in [-0.25, -0.2) is 4.79 Å². The number of fused-ring (bicyclic) bond motifs is 1. The topological polar surface area (TPSA) is 63.7 Å². The van der Waals surface area contributed by atoms with E-state index in [0.717, 1.165) is 30.4 Å². The maximum atomic E-state index is 12.9. The van der Waals surface area contributed by atoms with E-state index < -0.39 is 5.97 Å². The van der Waals surface area contributed by atoms with E-state index in [1.54, 1.807) is 30.3 Å². The number of imide groups is 1. The highest BCUT2D eigenvalue weighted by Crippen LogP contribution is 2.42. The molecule has 0 bridgehead atoms. The van der Waals surface area contributed by atoms with Crippen LogP contribution >= 0.6 is 0 Å². The predicted octanol–water partition coefficient (Wildman–Crippen LogP) is 4.45. The van der Waals surface area contributed by atoms with E-state index in [9.17, 15) is 14.4 Å². The summed E-state index contributed by atoms with van der Waals surface area (Å²) >= 11 is 0. The van der Waals surface area contributed by atoms with Crippen LogP contribution in [-0.2, 0) is 9.59 Å². The van der Waals surface area contributed by atoms with Crippen LogP contribution in [0.2, 0.25) is 0 Å². The molecule has 1 heterocycles. The molecule has 150 valence electrons. The van der Waals surface area contributed by atoms with Crippen molar-refractivity contribution in [1.29, 1.82) is 0 Å². The van der Waals surface area contributed by atoms with Crippen molar-refractivity contribution < 1.29 is 19.1 Å². The number of aryl methyl sites for hydroxylation is 1. The molecule has 0 N–H and O–H groups in total. The third kappa shape index (κ3) is 3.46. The fourth-order valence-electron chi connectivity index (χ4n) is 4.41. The molecule has 29 heavy (non-hydrogen) atoms.